The molecule has 3 aromatic rings. The second-order valence-corrected chi connectivity index (χ2v) is 9.84. The molecule has 4 heterocycles. The number of rotatable bonds is 5. The van der Waals surface area contributed by atoms with Gasteiger partial charge in [-0.15, -0.1) is 0 Å². The number of nitrogens with zero attached hydrogens (tertiary/aromatic N) is 5. The molecule has 0 atom stereocenters. The number of hydrogen-bond donors (Lipinski definition) is 1. The summed E-state index contributed by atoms with van der Waals surface area (Å²) in [6.45, 7) is 7.58. The van der Waals surface area contributed by atoms with Crippen LogP contribution in [-0.4, -0.2) is 45.4 Å². The second kappa shape index (κ2) is 8.42. The third kappa shape index (κ3) is 4.21. The van der Waals surface area contributed by atoms with Crippen molar-refractivity contribution in [2.75, 3.05) is 29.9 Å². The summed E-state index contributed by atoms with van der Waals surface area (Å²) < 4.78 is 0. The number of aromatic nitrogens is 3. The number of para-hydroxylation sites is 2. The van der Waals surface area contributed by atoms with Crippen molar-refractivity contribution in [1.82, 2.24) is 19.9 Å². The van der Waals surface area contributed by atoms with Crippen LogP contribution in [0.15, 0.2) is 24.3 Å². The molecule has 1 fully saturated rings. The summed E-state index contributed by atoms with van der Waals surface area (Å²) in [5.74, 6) is 2.28. The zero-order valence-corrected chi connectivity index (χ0v) is 18.9. The van der Waals surface area contributed by atoms with E-state index < -0.39 is 0 Å². The van der Waals surface area contributed by atoms with E-state index in [0.29, 0.717) is 18.9 Å². The highest BCUT2D eigenvalue weighted by atomic mass is 32.1. The fourth-order valence-corrected chi connectivity index (χ4v) is 5.29. The van der Waals surface area contributed by atoms with Gasteiger partial charge in [-0.1, -0.05) is 37.3 Å². The van der Waals surface area contributed by atoms with Gasteiger partial charge in [-0.25, -0.2) is 15.0 Å². The Morgan fingerprint density at radius 2 is 1.84 bits per heavy atom. The van der Waals surface area contributed by atoms with E-state index in [1.165, 1.54) is 17.7 Å². The molecule has 1 aromatic carbocycles. The van der Waals surface area contributed by atoms with Crippen LogP contribution < -0.4 is 10.2 Å². The molecule has 1 N–H and O–H groups in total. The lowest BCUT2D eigenvalue weighted by atomic mass is 10.1. The van der Waals surface area contributed by atoms with Gasteiger partial charge in [-0.05, 0) is 30.9 Å². The van der Waals surface area contributed by atoms with Crippen molar-refractivity contribution >= 4 is 45.0 Å². The second-order valence-electron chi connectivity index (χ2n) is 8.76. The summed E-state index contributed by atoms with van der Waals surface area (Å²) in [4.78, 5) is 32.6. The minimum Gasteiger partial charge on any atom is -0.354 e. The molecule has 162 valence electrons. The highest BCUT2D eigenvalue weighted by Crippen LogP contribution is 2.34. The average molecular weight is 437 g/mol. The van der Waals surface area contributed by atoms with Crippen LogP contribution in [0.5, 0.6) is 0 Å². The standard InChI is InChI=1S/C23H28N6OS/c1-15(2)13-20(30)29-12-9-18-19(14-29)31-23(26-18)27-21-22(28-10-5-6-11-28)25-17-8-4-3-7-16(17)24-21/h3-4,7-8,15H,5-6,9-14H2,1-2H3,(H,24,26,27). The first kappa shape index (κ1) is 20.2. The molecule has 5 rings (SSSR count). The molecule has 2 aromatic heterocycles. The summed E-state index contributed by atoms with van der Waals surface area (Å²) in [5.41, 5.74) is 2.88. The molecular weight excluding hydrogens is 408 g/mol. The Balaban J connectivity index is 1.41. The lowest BCUT2D eigenvalue weighted by Gasteiger charge is -2.26. The number of thiazole rings is 1. The minimum atomic E-state index is 0.236. The Morgan fingerprint density at radius 1 is 1.10 bits per heavy atom. The van der Waals surface area contributed by atoms with Crippen molar-refractivity contribution in [1.29, 1.82) is 0 Å². The van der Waals surface area contributed by atoms with E-state index in [4.69, 9.17) is 15.0 Å². The predicted octanol–water partition coefficient (Wildman–Crippen LogP) is 4.36. The molecule has 2 aliphatic rings. The SMILES string of the molecule is CC(C)CC(=O)N1CCc2nc(Nc3nc4ccccc4nc3N3CCCC3)sc2C1. The fraction of sp³-hybridized carbons (Fsp3) is 0.478. The van der Waals surface area contributed by atoms with Gasteiger partial charge in [0.05, 0.1) is 23.3 Å². The van der Waals surface area contributed by atoms with Gasteiger partial charge >= 0.3 is 0 Å². The normalized spacial score (nSPS) is 16.2. The molecule has 0 radical (unpaired) electrons. The van der Waals surface area contributed by atoms with Gasteiger partial charge in [-0.2, -0.15) is 0 Å². The zero-order chi connectivity index (χ0) is 21.4. The van der Waals surface area contributed by atoms with Crippen LogP contribution in [0.4, 0.5) is 16.8 Å². The molecule has 0 unspecified atom stereocenters. The molecule has 0 spiro atoms. The number of nitrogens with one attached hydrogen (secondary N) is 1. The molecule has 8 heteroatoms. The molecule has 0 saturated carbocycles. The predicted molar refractivity (Wildman–Crippen MR) is 125 cm³/mol. The molecule has 0 bridgehead atoms. The van der Waals surface area contributed by atoms with E-state index >= 15 is 0 Å². The van der Waals surface area contributed by atoms with Gasteiger partial charge in [0, 0.05) is 37.4 Å². The summed E-state index contributed by atoms with van der Waals surface area (Å²) in [6, 6.07) is 7.99. The van der Waals surface area contributed by atoms with E-state index in [1.807, 2.05) is 29.2 Å². The Kier molecular flexibility index (Phi) is 5.48. The van der Waals surface area contributed by atoms with Crippen LogP contribution in [0.25, 0.3) is 11.0 Å². The summed E-state index contributed by atoms with van der Waals surface area (Å²) >= 11 is 1.62. The molecular formula is C23H28N6OS. The van der Waals surface area contributed by atoms with E-state index in [-0.39, 0.29) is 5.91 Å². The van der Waals surface area contributed by atoms with Gasteiger partial charge in [0.15, 0.2) is 16.8 Å². The summed E-state index contributed by atoms with van der Waals surface area (Å²) in [5, 5.41) is 4.29. The molecule has 7 nitrogen and oxygen atoms in total. The van der Waals surface area contributed by atoms with Crippen molar-refractivity contribution in [3.63, 3.8) is 0 Å². The Morgan fingerprint density at radius 3 is 2.58 bits per heavy atom. The van der Waals surface area contributed by atoms with Crippen molar-refractivity contribution < 1.29 is 4.79 Å². The van der Waals surface area contributed by atoms with E-state index in [0.717, 1.165) is 59.5 Å². The third-order valence-corrected chi connectivity index (χ3v) is 6.85. The van der Waals surface area contributed by atoms with Gasteiger partial charge < -0.3 is 15.1 Å². The number of benzene rings is 1. The summed E-state index contributed by atoms with van der Waals surface area (Å²) in [7, 11) is 0. The Labute approximate surface area is 186 Å². The maximum absolute atomic E-state index is 12.5. The first-order valence-corrected chi connectivity index (χ1v) is 11.9. The highest BCUT2D eigenvalue weighted by molar-refractivity contribution is 7.15. The highest BCUT2D eigenvalue weighted by Gasteiger charge is 2.26. The topological polar surface area (TPSA) is 74.2 Å². The molecule has 0 aliphatic carbocycles. The molecule has 1 saturated heterocycles. The maximum Gasteiger partial charge on any atom is 0.223 e. The smallest absolute Gasteiger partial charge is 0.223 e. The molecule has 31 heavy (non-hydrogen) atoms. The number of carbonyl (C=O) groups excluding carboxylic acids is 1. The number of carbonyl (C=O) groups is 1. The van der Waals surface area contributed by atoms with Crippen molar-refractivity contribution in [3.05, 3.63) is 34.8 Å². The van der Waals surface area contributed by atoms with E-state index in [1.54, 1.807) is 11.3 Å². The monoisotopic (exact) mass is 436 g/mol. The summed E-state index contributed by atoms with van der Waals surface area (Å²) in [6.07, 6.45) is 3.77. The van der Waals surface area contributed by atoms with Crippen LogP contribution >= 0.6 is 11.3 Å². The van der Waals surface area contributed by atoms with Crippen LogP contribution in [0.3, 0.4) is 0 Å². The van der Waals surface area contributed by atoms with E-state index in [9.17, 15) is 4.79 Å². The van der Waals surface area contributed by atoms with Gasteiger partial charge in [0.1, 0.15) is 0 Å². The maximum atomic E-state index is 12.5. The first-order chi connectivity index (χ1) is 15.1. The van der Waals surface area contributed by atoms with Gasteiger partial charge in [-0.3, -0.25) is 4.79 Å². The zero-order valence-electron chi connectivity index (χ0n) is 18.1. The Hall–Kier alpha value is -2.74. The van der Waals surface area contributed by atoms with Crippen molar-refractivity contribution in [3.8, 4) is 0 Å². The van der Waals surface area contributed by atoms with Crippen molar-refractivity contribution in [2.45, 2.75) is 46.1 Å². The quantitative estimate of drug-likeness (QED) is 0.641. The third-order valence-electron chi connectivity index (χ3n) is 5.85. The van der Waals surface area contributed by atoms with Crippen LogP contribution in [-0.2, 0) is 17.8 Å². The number of anilines is 3. The molecule has 1 amide bonds. The molecule has 2 aliphatic heterocycles. The van der Waals surface area contributed by atoms with Crippen LogP contribution in [0.1, 0.15) is 43.7 Å². The fourth-order valence-electron chi connectivity index (χ4n) is 4.27. The van der Waals surface area contributed by atoms with Gasteiger partial charge in [0.25, 0.3) is 0 Å². The minimum absolute atomic E-state index is 0.236. The van der Waals surface area contributed by atoms with Crippen molar-refractivity contribution in [2.24, 2.45) is 5.92 Å². The van der Waals surface area contributed by atoms with Gasteiger partial charge in [0.2, 0.25) is 5.91 Å². The average Bonchev–Trinajstić information content (AvgIpc) is 3.42. The van der Waals surface area contributed by atoms with Crippen LogP contribution in [0, 0.1) is 5.92 Å². The van der Waals surface area contributed by atoms with Crippen LogP contribution in [0.2, 0.25) is 0 Å². The number of fused-ring (bicyclic) bond motifs is 2. The largest absolute Gasteiger partial charge is 0.354 e. The number of hydrogen-bond acceptors (Lipinski definition) is 7. The lowest BCUT2D eigenvalue weighted by Crippen LogP contribution is -2.36. The van der Waals surface area contributed by atoms with E-state index in [2.05, 4.69) is 24.1 Å². The lowest BCUT2D eigenvalue weighted by molar-refractivity contribution is -0.132. The Bertz CT molecular complexity index is 1100. The first-order valence-electron chi connectivity index (χ1n) is 11.1. The number of amides is 1.